The summed E-state index contributed by atoms with van der Waals surface area (Å²) in [6.07, 6.45) is -8.79. The zero-order valence-corrected chi connectivity index (χ0v) is 27.7. The van der Waals surface area contributed by atoms with Gasteiger partial charge in [0.15, 0.2) is 0 Å². The molecule has 0 amide bonds. The fourth-order valence-electron chi connectivity index (χ4n) is 2.02. The Bertz CT molecular complexity index is 1100. The Morgan fingerprint density at radius 3 is 0.696 bits per heavy atom. The fraction of sp³-hybridized carbons (Fsp3) is 1.00. The van der Waals surface area contributed by atoms with Crippen LogP contribution in [0.1, 0.15) is 0 Å². The summed E-state index contributed by atoms with van der Waals surface area (Å²) in [4.78, 5) is 55.0. The molecule has 4 unspecified atom stereocenters. The Morgan fingerprint density at radius 1 is 0.348 bits per heavy atom. The van der Waals surface area contributed by atoms with E-state index in [0.717, 1.165) is 0 Å². The third-order valence-electron chi connectivity index (χ3n) is 4.09. The van der Waals surface area contributed by atoms with Crippen LogP contribution >= 0.6 is 39.1 Å². The largest absolute Gasteiger partial charge is 0.472 e. The molecule has 0 saturated carbocycles. The number of rotatable bonds is 28. The van der Waals surface area contributed by atoms with Crippen molar-refractivity contribution in [1.82, 2.24) is 0 Å². The summed E-state index contributed by atoms with van der Waals surface area (Å²) in [5.74, 6) is 0. The number of hydrogen-bond donors (Lipinski definition) is 12. The Hall–Kier alpha value is 0.310. The van der Waals surface area contributed by atoms with E-state index in [1.165, 1.54) is 0 Å². The molecule has 31 heteroatoms. The summed E-state index contributed by atoms with van der Waals surface area (Å²) in [6.45, 7) is -9.76. The number of hydrogen-bond acceptors (Lipinski definition) is 20. The van der Waals surface area contributed by atoms with Crippen LogP contribution in [0.2, 0.25) is 0 Å². The predicted molar refractivity (Wildman–Crippen MR) is 142 cm³/mol. The smallest absolute Gasteiger partial charge is 0.394 e. The van der Waals surface area contributed by atoms with Crippen molar-refractivity contribution in [1.29, 1.82) is 0 Å². The van der Waals surface area contributed by atoms with Crippen molar-refractivity contribution in [3.8, 4) is 0 Å². The molecule has 12 N–H and O–H groups in total. The quantitative estimate of drug-likeness (QED) is 0.0341. The SMILES string of the molecule is O=P(O)(O)OC[C@@H](O)COP(=O)(O)OC[C@@H](O)COP(=O)(O)OC[C@@H](O)COP(=O)(O)OC[C@@H](O)COP(=O)(O)OC[C@@H](O)CO. The van der Waals surface area contributed by atoms with Crippen molar-refractivity contribution in [2.45, 2.75) is 30.5 Å². The standard InChI is InChI=1S/C15H37O26P5/c16-1-11(17)2-34-43(25,26)36-5-13(19)6-38-45(29,30)40-9-15(21)10-41-46(31,32)39-8-14(20)7-37-44(27,28)35-4-12(18)3-33-42(22,23)24/h11-21H,1-10H2,(H,25,26)(H,27,28)(H,29,30)(H,31,32)(H2,22,23,24)/t11-,12+,13-,14+,15-/m0/s1. The van der Waals surface area contributed by atoms with Crippen LogP contribution in [0, 0.1) is 0 Å². The lowest BCUT2D eigenvalue weighted by Gasteiger charge is -2.20. The molecule has 26 nitrogen and oxygen atoms in total. The van der Waals surface area contributed by atoms with Crippen molar-refractivity contribution >= 4 is 39.1 Å². The van der Waals surface area contributed by atoms with E-state index in [1.54, 1.807) is 0 Å². The van der Waals surface area contributed by atoms with Gasteiger partial charge in [-0.2, -0.15) is 0 Å². The number of phosphoric ester groups is 5. The molecule has 0 fully saturated rings. The first-order chi connectivity index (χ1) is 20.9. The van der Waals surface area contributed by atoms with Crippen LogP contribution in [0.4, 0.5) is 0 Å². The molecule has 0 aliphatic heterocycles. The summed E-state index contributed by atoms with van der Waals surface area (Å²) < 4.78 is 96.4. The molecule has 0 heterocycles. The zero-order valence-electron chi connectivity index (χ0n) is 23.3. The highest BCUT2D eigenvalue weighted by Gasteiger charge is 2.30. The summed E-state index contributed by atoms with van der Waals surface area (Å²) in [7, 11) is -24.7. The van der Waals surface area contributed by atoms with E-state index in [4.69, 9.17) is 20.0 Å². The number of aliphatic hydroxyl groups excluding tert-OH is 6. The Kier molecular flexibility index (Phi) is 21.7. The highest BCUT2D eigenvalue weighted by atomic mass is 31.2. The Labute approximate surface area is 259 Å². The number of phosphoric acid groups is 5. The molecule has 0 aromatic heterocycles. The molecule has 0 bridgehead atoms. The highest BCUT2D eigenvalue weighted by Crippen LogP contribution is 2.47. The van der Waals surface area contributed by atoms with Crippen LogP contribution in [0.5, 0.6) is 0 Å². The van der Waals surface area contributed by atoms with E-state index in [0.29, 0.717) is 0 Å². The third-order valence-corrected chi connectivity index (χ3v) is 8.37. The van der Waals surface area contributed by atoms with Crippen molar-refractivity contribution in [3.63, 3.8) is 0 Å². The minimum Gasteiger partial charge on any atom is -0.394 e. The van der Waals surface area contributed by atoms with Gasteiger partial charge in [0.25, 0.3) is 0 Å². The van der Waals surface area contributed by atoms with E-state index in [-0.39, 0.29) is 0 Å². The van der Waals surface area contributed by atoms with Crippen LogP contribution in [-0.4, -0.2) is 157 Å². The van der Waals surface area contributed by atoms with Crippen molar-refractivity contribution in [2.24, 2.45) is 0 Å². The normalized spacial score (nSPS) is 21.2. The molecule has 0 saturated heterocycles. The summed E-state index contributed by atoms with van der Waals surface area (Å²) in [5, 5.41) is 56.1. The lowest BCUT2D eigenvalue weighted by molar-refractivity contribution is 0.00112. The summed E-state index contributed by atoms with van der Waals surface area (Å²) >= 11 is 0. The average Bonchev–Trinajstić information content (AvgIpc) is 2.95. The topological polar surface area (TPSA) is 411 Å². The maximum absolute atomic E-state index is 11.9. The molecule has 278 valence electrons. The maximum Gasteiger partial charge on any atom is 0.472 e. The molecular weight excluding hydrogens is 751 g/mol. The van der Waals surface area contributed by atoms with Gasteiger partial charge in [-0.15, -0.1) is 0 Å². The Balaban J connectivity index is 4.37. The van der Waals surface area contributed by atoms with Crippen LogP contribution in [0.25, 0.3) is 0 Å². The third kappa shape index (κ3) is 26.2. The molecule has 0 aromatic carbocycles. The number of aliphatic hydroxyl groups is 6. The summed E-state index contributed by atoms with van der Waals surface area (Å²) in [5.41, 5.74) is 0. The van der Waals surface area contributed by atoms with Gasteiger partial charge in [-0.05, 0) is 0 Å². The first-order valence-electron chi connectivity index (χ1n) is 12.0. The van der Waals surface area contributed by atoms with Crippen LogP contribution in [-0.2, 0) is 63.5 Å². The van der Waals surface area contributed by atoms with E-state index >= 15 is 0 Å². The van der Waals surface area contributed by atoms with Crippen molar-refractivity contribution in [3.05, 3.63) is 0 Å². The first-order valence-corrected chi connectivity index (χ1v) is 19.6. The second-order valence-corrected chi connectivity index (χ2v) is 15.5. The lowest BCUT2D eigenvalue weighted by Crippen LogP contribution is -2.24. The van der Waals surface area contributed by atoms with Gasteiger partial charge in [0.1, 0.15) is 30.5 Å². The van der Waals surface area contributed by atoms with Gasteiger partial charge in [-0.25, -0.2) is 22.8 Å². The molecule has 0 radical (unpaired) electrons. The van der Waals surface area contributed by atoms with Gasteiger partial charge in [0.05, 0.1) is 66.1 Å². The van der Waals surface area contributed by atoms with Gasteiger partial charge in [-0.1, -0.05) is 0 Å². The fourth-order valence-corrected chi connectivity index (χ4v) is 5.57. The molecule has 0 rings (SSSR count). The summed E-state index contributed by atoms with van der Waals surface area (Å²) in [6, 6.07) is 0. The lowest BCUT2D eigenvalue weighted by atomic mass is 10.4. The van der Waals surface area contributed by atoms with Crippen LogP contribution in [0.3, 0.4) is 0 Å². The predicted octanol–water partition coefficient (Wildman–Crippen LogP) is -3.57. The van der Waals surface area contributed by atoms with Gasteiger partial charge in [0, 0.05) is 0 Å². The van der Waals surface area contributed by atoms with Crippen LogP contribution in [0.15, 0.2) is 0 Å². The molecule has 0 aliphatic rings. The monoisotopic (exact) mass is 788 g/mol. The Morgan fingerprint density at radius 2 is 0.522 bits per heavy atom. The van der Waals surface area contributed by atoms with Gasteiger partial charge in [0.2, 0.25) is 0 Å². The molecule has 0 aromatic rings. The highest BCUT2D eigenvalue weighted by molar-refractivity contribution is 7.48. The first kappa shape index (κ1) is 46.3. The average molecular weight is 788 g/mol. The van der Waals surface area contributed by atoms with E-state index in [2.05, 4.69) is 40.7 Å². The van der Waals surface area contributed by atoms with E-state index in [9.17, 15) is 62.8 Å². The maximum atomic E-state index is 11.9. The molecule has 46 heavy (non-hydrogen) atoms. The molecule has 0 spiro atoms. The minimum atomic E-state index is -5.03. The van der Waals surface area contributed by atoms with E-state index < -0.39 is 136 Å². The second kappa shape index (κ2) is 21.5. The van der Waals surface area contributed by atoms with Crippen molar-refractivity contribution < 1.29 is 124 Å². The molecule has 9 atom stereocenters. The van der Waals surface area contributed by atoms with Crippen molar-refractivity contribution in [2.75, 3.05) is 66.1 Å². The minimum absolute atomic E-state index is 0.783. The second-order valence-electron chi connectivity index (χ2n) is 8.48. The zero-order chi connectivity index (χ0) is 35.8. The van der Waals surface area contributed by atoms with Crippen LogP contribution < -0.4 is 0 Å². The molecule has 0 aliphatic carbocycles. The van der Waals surface area contributed by atoms with Gasteiger partial charge >= 0.3 is 39.1 Å². The molecular formula is C15H37O26P5. The van der Waals surface area contributed by atoms with Gasteiger partial charge < -0.3 is 60.0 Å². The van der Waals surface area contributed by atoms with Gasteiger partial charge in [-0.3, -0.25) is 40.7 Å². The van der Waals surface area contributed by atoms with E-state index in [1.807, 2.05) is 0 Å².